The number of nitrogens with zero attached hydrogens (tertiary/aromatic N) is 3. The first-order chi connectivity index (χ1) is 6.02. The van der Waals surface area contributed by atoms with Gasteiger partial charge in [0.15, 0.2) is 5.13 Å². The van der Waals surface area contributed by atoms with Crippen LogP contribution < -0.4 is 4.90 Å². The fourth-order valence-corrected chi connectivity index (χ4v) is 1.64. The first-order valence-corrected chi connectivity index (χ1v) is 4.77. The Morgan fingerprint density at radius 1 is 1.46 bits per heavy atom. The maximum atomic E-state index is 11.5. The van der Waals surface area contributed by atoms with Gasteiger partial charge in [-0.1, -0.05) is 0 Å². The van der Waals surface area contributed by atoms with E-state index in [1.54, 1.807) is 21.1 Å². The van der Waals surface area contributed by atoms with Crippen molar-refractivity contribution in [2.45, 2.75) is 6.92 Å². The highest BCUT2D eigenvalue weighted by atomic mass is 32.1. The van der Waals surface area contributed by atoms with Gasteiger partial charge in [0.25, 0.3) is 0 Å². The quantitative estimate of drug-likeness (QED) is 0.688. The normalized spacial score (nSPS) is 9.85. The molecule has 5 heteroatoms. The van der Waals surface area contributed by atoms with Crippen molar-refractivity contribution in [3.63, 3.8) is 0 Å². The fourth-order valence-electron chi connectivity index (χ4n) is 0.877. The minimum atomic E-state index is -0.0608. The Morgan fingerprint density at radius 3 is 2.46 bits per heavy atom. The smallest absolute Gasteiger partial charge is 0.325 e. The molecule has 0 radical (unpaired) electrons. The van der Waals surface area contributed by atoms with Crippen molar-refractivity contribution >= 4 is 22.5 Å². The summed E-state index contributed by atoms with van der Waals surface area (Å²) >= 11 is 1.47. The van der Waals surface area contributed by atoms with Gasteiger partial charge in [0.2, 0.25) is 0 Å². The van der Waals surface area contributed by atoms with E-state index in [-0.39, 0.29) is 6.03 Å². The zero-order valence-corrected chi connectivity index (χ0v) is 9.05. The van der Waals surface area contributed by atoms with Crippen LogP contribution in [0.25, 0.3) is 0 Å². The van der Waals surface area contributed by atoms with Crippen molar-refractivity contribution in [3.05, 3.63) is 11.1 Å². The van der Waals surface area contributed by atoms with E-state index in [4.69, 9.17) is 0 Å². The van der Waals surface area contributed by atoms with Crippen LogP contribution in [0.5, 0.6) is 0 Å². The number of rotatable bonds is 1. The molecule has 0 spiro atoms. The van der Waals surface area contributed by atoms with Gasteiger partial charge in [-0.2, -0.15) is 0 Å². The summed E-state index contributed by atoms with van der Waals surface area (Å²) in [6.45, 7) is 1.91. The molecule has 0 aliphatic carbocycles. The lowest BCUT2D eigenvalue weighted by atomic mass is 10.6. The number of amides is 2. The van der Waals surface area contributed by atoms with Crippen molar-refractivity contribution in [3.8, 4) is 0 Å². The average molecular weight is 199 g/mol. The second kappa shape index (κ2) is 3.74. The van der Waals surface area contributed by atoms with Gasteiger partial charge in [0.1, 0.15) is 0 Å². The Morgan fingerprint density at radius 2 is 2.08 bits per heavy atom. The molecule has 72 valence electrons. The summed E-state index contributed by atoms with van der Waals surface area (Å²) in [4.78, 5) is 18.7. The first-order valence-electron chi connectivity index (χ1n) is 3.89. The van der Waals surface area contributed by atoms with E-state index in [2.05, 4.69) is 4.98 Å². The summed E-state index contributed by atoms with van der Waals surface area (Å²) in [7, 11) is 5.17. The van der Waals surface area contributed by atoms with Gasteiger partial charge < -0.3 is 4.90 Å². The molecular weight excluding hydrogens is 186 g/mol. The molecule has 0 fully saturated rings. The summed E-state index contributed by atoms with van der Waals surface area (Å²) in [6.07, 6.45) is 0. The maximum absolute atomic E-state index is 11.5. The second-order valence-electron chi connectivity index (χ2n) is 3.01. The number of carbonyl (C=O) groups excluding carboxylic acids is 1. The molecule has 1 aromatic heterocycles. The van der Waals surface area contributed by atoms with Gasteiger partial charge >= 0.3 is 6.03 Å². The third kappa shape index (κ3) is 2.18. The number of hydrogen-bond acceptors (Lipinski definition) is 3. The second-order valence-corrected chi connectivity index (χ2v) is 3.84. The van der Waals surface area contributed by atoms with Crippen LogP contribution in [0.2, 0.25) is 0 Å². The third-order valence-electron chi connectivity index (χ3n) is 1.56. The molecule has 0 unspecified atom stereocenters. The van der Waals surface area contributed by atoms with Gasteiger partial charge in [0.05, 0.1) is 5.69 Å². The van der Waals surface area contributed by atoms with E-state index in [0.717, 1.165) is 10.8 Å². The number of hydrogen-bond donors (Lipinski definition) is 0. The van der Waals surface area contributed by atoms with Gasteiger partial charge in [-0.25, -0.2) is 9.78 Å². The molecule has 0 saturated heterocycles. The molecule has 0 aromatic carbocycles. The van der Waals surface area contributed by atoms with Crippen molar-refractivity contribution in [2.75, 3.05) is 26.0 Å². The lowest BCUT2D eigenvalue weighted by Crippen LogP contribution is -2.36. The van der Waals surface area contributed by atoms with Gasteiger partial charge in [0, 0.05) is 26.5 Å². The number of thiazole rings is 1. The highest BCUT2D eigenvalue weighted by Crippen LogP contribution is 2.19. The van der Waals surface area contributed by atoms with E-state index in [9.17, 15) is 4.79 Å². The minimum absolute atomic E-state index is 0.0608. The Labute approximate surface area is 81.8 Å². The minimum Gasteiger partial charge on any atom is -0.330 e. The molecular formula is C8H13N3OS. The molecule has 0 aliphatic heterocycles. The molecule has 0 saturated carbocycles. The average Bonchev–Trinajstić information content (AvgIpc) is 2.49. The Hall–Kier alpha value is -1.10. The molecule has 0 N–H and O–H groups in total. The van der Waals surface area contributed by atoms with Crippen LogP contribution in [-0.2, 0) is 0 Å². The number of carbonyl (C=O) groups is 1. The van der Waals surface area contributed by atoms with Crippen LogP contribution >= 0.6 is 11.3 Å². The summed E-state index contributed by atoms with van der Waals surface area (Å²) in [6, 6.07) is -0.0608. The van der Waals surface area contributed by atoms with Crippen LogP contribution in [0.4, 0.5) is 9.93 Å². The lowest BCUT2D eigenvalue weighted by molar-refractivity contribution is 0.225. The van der Waals surface area contributed by atoms with E-state index in [1.807, 2.05) is 12.3 Å². The molecule has 1 heterocycles. The van der Waals surface area contributed by atoms with Crippen molar-refractivity contribution < 1.29 is 4.79 Å². The zero-order valence-electron chi connectivity index (χ0n) is 8.24. The molecule has 0 atom stereocenters. The van der Waals surface area contributed by atoms with Gasteiger partial charge in [-0.15, -0.1) is 11.3 Å². The molecule has 13 heavy (non-hydrogen) atoms. The summed E-state index contributed by atoms with van der Waals surface area (Å²) in [5.74, 6) is 0. The SMILES string of the molecule is Cc1csc(N(C)C(=O)N(C)C)n1. The molecule has 2 amide bonds. The number of urea groups is 1. The van der Waals surface area contributed by atoms with Crippen LogP contribution in [0.1, 0.15) is 5.69 Å². The van der Waals surface area contributed by atoms with E-state index < -0.39 is 0 Å². The van der Waals surface area contributed by atoms with E-state index in [0.29, 0.717) is 0 Å². The van der Waals surface area contributed by atoms with Crippen LogP contribution in [0.3, 0.4) is 0 Å². The van der Waals surface area contributed by atoms with E-state index in [1.165, 1.54) is 21.1 Å². The van der Waals surface area contributed by atoms with Crippen LogP contribution in [0, 0.1) is 6.92 Å². The predicted molar refractivity (Wildman–Crippen MR) is 54.3 cm³/mol. The molecule has 0 bridgehead atoms. The lowest BCUT2D eigenvalue weighted by Gasteiger charge is -2.18. The summed E-state index contributed by atoms with van der Waals surface area (Å²) < 4.78 is 0. The highest BCUT2D eigenvalue weighted by Gasteiger charge is 2.14. The maximum Gasteiger partial charge on any atom is 0.325 e. The predicted octanol–water partition coefficient (Wildman–Crippen LogP) is 1.57. The Bertz CT molecular complexity index is 308. The summed E-state index contributed by atoms with van der Waals surface area (Å²) in [5, 5.41) is 2.66. The number of aromatic nitrogens is 1. The zero-order chi connectivity index (χ0) is 10.0. The molecule has 0 aliphatic rings. The van der Waals surface area contributed by atoms with Crippen molar-refractivity contribution in [1.82, 2.24) is 9.88 Å². The highest BCUT2D eigenvalue weighted by molar-refractivity contribution is 7.14. The Balaban J connectivity index is 2.79. The monoisotopic (exact) mass is 199 g/mol. The first kappa shape index (κ1) is 9.98. The fraction of sp³-hybridized carbons (Fsp3) is 0.500. The van der Waals surface area contributed by atoms with E-state index >= 15 is 0 Å². The number of aryl methyl sites for hydroxylation is 1. The van der Waals surface area contributed by atoms with Gasteiger partial charge in [-0.05, 0) is 6.92 Å². The molecule has 1 rings (SSSR count). The molecule has 1 aromatic rings. The summed E-state index contributed by atoms with van der Waals surface area (Å²) in [5.41, 5.74) is 0.943. The van der Waals surface area contributed by atoms with Crippen molar-refractivity contribution in [1.29, 1.82) is 0 Å². The van der Waals surface area contributed by atoms with Crippen LogP contribution in [0.15, 0.2) is 5.38 Å². The van der Waals surface area contributed by atoms with Crippen molar-refractivity contribution in [2.24, 2.45) is 0 Å². The molecule has 4 nitrogen and oxygen atoms in total. The number of anilines is 1. The Kier molecular flexibility index (Phi) is 2.87. The third-order valence-corrected chi connectivity index (χ3v) is 2.60. The largest absolute Gasteiger partial charge is 0.330 e. The van der Waals surface area contributed by atoms with Crippen LogP contribution in [-0.4, -0.2) is 37.1 Å². The topological polar surface area (TPSA) is 36.4 Å². The van der Waals surface area contributed by atoms with Gasteiger partial charge in [-0.3, -0.25) is 4.90 Å². The standard InChI is InChI=1S/C8H13N3OS/c1-6-5-13-7(9-6)11(4)8(12)10(2)3/h5H,1-4H3.